The summed E-state index contributed by atoms with van der Waals surface area (Å²) in [5.74, 6) is 1.45. The number of amides is 2. The zero-order valence-corrected chi connectivity index (χ0v) is 22.7. The maximum absolute atomic E-state index is 14.1. The Morgan fingerprint density at radius 2 is 1.69 bits per heavy atom. The Balaban J connectivity index is 1.52. The lowest BCUT2D eigenvalue weighted by Gasteiger charge is -2.44. The summed E-state index contributed by atoms with van der Waals surface area (Å²) in [4.78, 5) is 29.7. The summed E-state index contributed by atoms with van der Waals surface area (Å²) >= 11 is 0. The smallest absolute Gasteiger partial charge is 0.271 e. The summed E-state index contributed by atoms with van der Waals surface area (Å²) in [7, 11) is 3.19. The second-order valence-electron chi connectivity index (χ2n) is 9.75. The Morgan fingerprint density at radius 3 is 2.46 bits per heavy atom. The van der Waals surface area contributed by atoms with Gasteiger partial charge >= 0.3 is 0 Å². The summed E-state index contributed by atoms with van der Waals surface area (Å²) in [6, 6.07) is 22.9. The minimum absolute atomic E-state index is 0.208. The number of hydrogen-bond acceptors (Lipinski definition) is 5. The molecular formula is C31H33N3O5. The lowest BCUT2D eigenvalue weighted by molar-refractivity contribution is -0.133. The monoisotopic (exact) mass is 527 g/mol. The van der Waals surface area contributed by atoms with Gasteiger partial charge in [0.2, 0.25) is 5.91 Å². The highest BCUT2D eigenvalue weighted by Gasteiger charge is 2.47. The fourth-order valence-corrected chi connectivity index (χ4v) is 5.24. The molecule has 4 aromatic rings. The number of carbonyl (C=O) groups excluding carboxylic acids is 2. The minimum atomic E-state index is -1.17. The molecule has 8 heteroatoms. The van der Waals surface area contributed by atoms with Gasteiger partial charge in [-0.25, -0.2) is 0 Å². The van der Waals surface area contributed by atoms with Crippen LogP contribution in [0.1, 0.15) is 35.5 Å². The lowest BCUT2D eigenvalue weighted by atomic mass is 9.93. The van der Waals surface area contributed by atoms with Gasteiger partial charge in [-0.05, 0) is 49.7 Å². The number of para-hydroxylation sites is 2. The third-order valence-corrected chi connectivity index (χ3v) is 7.33. The van der Waals surface area contributed by atoms with Crippen LogP contribution in [0.4, 0.5) is 0 Å². The first-order valence-corrected chi connectivity index (χ1v) is 13.0. The van der Waals surface area contributed by atoms with Crippen molar-refractivity contribution >= 4 is 22.7 Å². The van der Waals surface area contributed by atoms with Crippen molar-refractivity contribution in [1.82, 2.24) is 14.8 Å². The molecule has 0 saturated carbocycles. The number of methoxy groups -OCH3 is 2. The number of benzene rings is 3. The molecule has 1 atom stereocenters. The van der Waals surface area contributed by atoms with Gasteiger partial charge in [0.1, 0.15) is 17.0 Å². The van der Waals surface area contributed by atoms with Crippen molar-refractivity contribution in [3.8, 4) is 17.2 Å². The summed E-state index contributed by atoms with van der Waals surface area (Å²) in [5, 5.41) is 4.03. The number of rotatable bonds is 9. The van der Waals surface area contributed by atoms with Crippen LogP contribution in [0.5, 0.6) is 17.2 Å². The van der Waals surface area contributed by atoms with E-state index in [0.29, 0.717) is 36.1 Å². The van der Waals surface area contributed by atoms with E-state index in [0.717, 1.165) is 22.0 Å². The number of nitrogens with zero attached hydrogens (tertiary/aromatic N) is 2. The van der Waals surface area contributed by atoms with E-state index in [-0.39, 0.29) is 24.9 Å². The van der Waals surface area contributed by atoms with Gasteiger partial charge in [-0.1, -0.05) is 42.5 Å². The van der Waals surface area contributed by atoms with E-state index in [1.54, 1.807) is 19.1 Å². The number of hydrogen-bond donors (Lipinski definition) is 1. The molecule has 0 bridgehead atoms. The third kappa shape index (κ3) is 4.78. The van der Waals surface area contributed by atoms with Gasteiger partial charge in [-0.2, -0.15) is 0 Å². The van der Waals surface area contributed by atoms with Gasteiger partial charge in [0, 0.05) is 29.6 Å². The number of nitrogens with one attached hydrogen (secondary N) is 1. The fraction of sp³-hybridized carbons (Fsp3) is 0.290. The fourth-order valence-electron chi connectivity index (χ4n) is 5.24. The van der Waals surface area contributed by atoms with Gasteiger partial charge in [0.25, 0.3) is 5.91 Å². The van der Waals surface area contributed by atoms with Crippen LogP contribution >= 0.6 is 0 Å². The molecule has 0 spiro atoms. The second kappa shape index (κ2) is 10.7. The van der Waals surface area contributed by atoms with Crippen LogP contribution in [0.15, 0.2) is 72.8 Å². The maximum atomic E-state index is 14.1. The highest BCUT2D eigenvalue weighted by Crippen LogP contribution is 2.35. The van der Waals surface area contributed by atoms with Crippen LogP contribution in [0, 0.1) is 0 Å². The average Bonchev–Trinajstić information content (AvgIpc) is 3.33. The van der Waals surface area contributed by atoms with E-state index in [9.17, 15) is 9.59 Å². The highest BCUT2D eigenvalue weighted by molar-refractivity contribution is 6.03. The molecule has 1 unspecified atom stereocenters. The molecule has 5 rings (SSSR count). The molecule has 3 aromatic carbocycles. The van der Waals surface area contributed by atoms with Gasteiger partial charge < -0.3 is 29.0 Å². The zero-order valence-electron chi connectivity index (χ0n) is 22.7. The Bertz CT molecular complexity index is 1530. The minimum Gasteiger partial charge on any atom is -0.496 e. The maximum Gasteiger partial charge on any atom is 0.271 e. The van der Waals surface area contributed by atoms with E-state index < -0.39 is 5.54 Å². The van der Waals surface area contributed by atoms with E-state index >= 15 is 0 Å². The third-order valence-electron chi connectivity index (χ3n) is 7.33. The molecule has 1 aromatic heterocycles. The van der Waals surface area contributed by atoms with Crippen molar-refractivity contribution in [3.63, 3.8) is 0 Å². The number of fused-ring (bicyclic) bond motifs is 3. The molecule has 0 saturated heterocycles. The average molecular weight is 528 g/mol. The molecule has 202 valence electrons. The first kappa shape index (κ1) is 26.2. The Kier molecular flexibility index (Phi) is 7.19. The molecule has 0 radical (unpaired) electrons. The van der Waals surface area contributed by atoms with Gasteiger partial charge in [-0.15, -0.1) is 0 Å². The van der Waals surface area contributed by atoms with Crippen LogP contribution in [0.3, 0.4) is 0 Å². The molecule has 8 nitrogen and oxygen atoms in total. The van der Waals surface area contributed by atoms with Gasteiger partial charge in [0.05, 0.1) is 27.4 Å². The van der Waals surface area contributed by atoms with Crippen LogP contribution in [-0.4, -0.2) is 47.6 Å². The van der Waals surface area contributed by atoms with Crippen molar-refractivity contribution in [2.75, 3.05) is 20.8 Å². The zero-order chi connectivity index (χ0) is 27.6. The first-order chi connectivity index (χ1) is 18.9. The normalized spacial score (nSPS) is 16.6. The Labute approximate surface area is 228 Å². The summed E-state index contributed by atoms with van der Waals surface area (Å²) in [6.07, 6.45) is 0. The SMILES string of the molecule is CCOc1ccc(CN2C(=O)c3cc4ccccc4n3CC2(C)C(=O)NCc2ccccc2OC)cc1OC. The van der Waals surface area contributed by atoms with Crippen molar-refractivity contribution in [2.24, 2.45) is 0 Å². The molecular weight excluding hydrogens is 494 g/mol. The van der Waals surface area contributed by atoms with Crippen LogP contribution in [-0.2, 0) is 24.4 Å². The molecule has 2 heterocycles. The van der Waals surface area contributed by atoms with Crippen LogP contribution in [0.2, 0.25) is 0 Å². The Hall–Kier alpha value is -4.46. The predicted molar refractivity (Wildman–Crippen MR) is 149 cm³/mol. The largest absolute Gasteiger partial charge is 0.496 e. The molecule has 39 heavy (non-hydrogen) atoms. The topological polar surface area (TPSA) is 82.0 Å². The van der Waals surface area contributed by atoms with E-state index in [1.807, 2.05) is 91.2 Å². The van der Waals surface area contributed by atoms with Gasteiger partial charge in [-0.3, -0.25) is 9.59 Å². The van der Waals surface area contributed by atoms with Crippen molar-refractivity contribution in [2.45, 2.75) is 39.0 Å². The van der Waals surface area contributed by atoms with Crippen LogP contribution in [0.25, 0.3) is 10.9 Å². The van der Waals surface area contributed by atoms with E-state index in [1.165, 1.54) is 0 Å². The second-order valence-corrected chi connectivity index (χ2v) is 9.75. The number of aromatic nitrogens is 1. The summed E-state index contributed by atoms with van der Waals surface area (Å²) in [5.41, 5.74) is 2.00. The molecule has 2 amide bonds. The van der Waals surface area contributed by atoms with Crippen molar-refractivity contribution in [1.29, 1.82) is 0 Å². The number of carbonyl (C=O) groups is 2. The highest BCUT2D eigenvalue weighted by atomic mass is 16.5. The summed E-state index contributed by atoms with van der Waals surface area (Å²) < 4.78 is 18.6. The molecule has 1 N–H and O–H groups in total. The van der Waals surface area contributed by atoms with Crippen LogP contribution < -0.4 is 19.5 Å². The summed E-state index contributed by atoms with van der Waals surface area (Å²) in [6.45, 7) is 5.06. The molecule has 0 aliphatic carbocycles. The first-order valence-electron chi connectivity index (χ1n) is 13.0. The number of ether oxygens (including phenoxy) is 3. The molecule has 1 aliphatic heterocycles. The van der Waals surface area contributed by atoms with Gasteiger partial charge in [0.15, 0.2) is 11.5 Å². The van der Waals surface area contributed by atoms with E-state index in [4.69, 9.17) is 14.2 Å². The Morgan fingerprint density at radius 1 is 0.949 bits per heavy atom. The van der Waals surface area contributed by atoms with Crippen molar-refractivity contribution < 1.29 is 23.8 Å². The standard InChI is InChI=1S/C31H33N3O5/c1-5-39-27-15-14-21(16-28(27)38-4)19-34-29(35)25-17-22-10-6-8-12-24(22)33(25)20-31(34,2)30(36)32-18-23-11-7-9-13-26(23)37-3/h6-17H,5,18-20H2,1-4H3,(H,32,36). The molecule has 1 aliphatic rings. The predicted octanol–water partition coefficient (Wildman–Crippen LogP) is 4.79. The van der Waals surface area contributed by atoms with Crippen molar-refractivity contribution in [3.05, 3.63) is 89.6 Å². The van der Waals surface area contributed by atoms with E-state index in [2.05, 4.69) is 5.32 Å². The quantitative estimate of drug-likeness (QED) is 0.339. The molecule has 0 fully saturated rings. The lowest BCUT2D eigenvalue weighted by Crippen LogP contribution is -2.63.